The zero-order chi connectivity index (χ0) is 27.4. The molecule has 0 bridgehead atoms. The van der Waals surface area contributed by atoms with Crippen LogP contribution in [-0.2, 0) is 5.54 Å². The predicted molar refractivity (Wildman–Crippen MR) is 129 cm³/mol. The fourth-order valence-electron chi connectivity index (χ4n) is 4.31. The molecular formula is C25H23F4N7O2. The Morgan fingerprint density at radius 1 is 1.13 bits per heavy atom. The maximum atomic E-state index is 15.3. The van der Waals surface area contributed by atoms with Crippen LogP contribution in [0.3, 0.4) is 0 Å². The van der Waals surface area contributed by atoms with Crippen molar-refractivity contribution in [1.82, 2.24) is 34.6 Å². The summed E-state index contributed by atoms with van der Waals surface area (Å²) in [5.41, 5.74) is -1.34. The van der Waals surface area contributed by atoms with E-state index in [1.54, 1.807) is 10.9 Å². The van der Waals surface area contributed by atoms with Gasteiger partial charge < -0.3 is 5.32 Å². The highest BCUT2D eigenvalue weighted by Crippen LogP contribution is 2.47. The molecule has 3 heterocycles. The van der Waals surface area contributed by atoms with Gasteiger partial charge in [0.1, 0.15) is 11.9 Å². The van der Waals surface area contributed by atoms with Crippen molar-refractivity contribution < 1.29 is 22.4 Å². The summed E-state index contributed by atoms with van der Waals surface area (Å²) in [4.78, 5) is 37.9. The summed E-state index contributed by atoms with van der Waals surface area (Å²) in [6.45, 7) is 4.70. The number of rotatable bonds is 6. The molecule has 0 aliphatic heterocycles. The van der Waals surface area contributed by atoms with E-state index in [1.165, 1.54) is 18.3 Å². The highest BCUT2D eigenvalue weighted by molar-refractivity contribution is 5.93. The molecule has 1 aliphatic rings. The third-order valence-electron chi connectivity index (χ3n) is 6.68. The zero-order valence-electron chi connectivity index (χ0n) is 20.6. The molecule has 1 saturated carbocycles. The minimum atomic E-state index is -4.65. The van der Waals surface area contributed by atoms with Crippen LogP contribution >= 0.6 is 0 Å². The lowest BCUT2D eigenvalue weighted by Gasteiger charge is -2.20. The Morgan fingerprint density at radius 3 is 2.50 bits per heavy atom. The first-order valence-corrected chi connectivity index (χ1v) is 11.9. The Hall–Kier alpha value is -4.16. The van der Waals surface area contributed by atoms with E-state index in [1.807, 2.05) is 13.8 Å². The van der Waals surface area contributed by atoms with E-state index < -0.39 is 35.0 Å². The van der Waals surface area contributed by atoms with E-state index >= 15 is 4.39 Å². The number of aromatic nitrogens is 6. The van der Waals surface area contributed by atoms with Gasteiger partial charge in [-0.3, -0.25) is 14.2 Å². The fourth-order valence-corrected chi connectivity index (χ4v) is 4.31. The number of carbonyl (C=O) groups is 1. The van der Waals surface area contributed by atoms with Gasteiger partial charge in [-0.25, -0.2) is 24.0 Å². The summed E-state index contributed by atoms with van der Waals surface area (Å²) in [6, 6.07) is 1.82. The Kier molecular flexibility index (Phi) is 6.03. The number of benzene rings is 1. The van der Waals surface area contributed by atoms with Gasteiger partial charge in [-0.2, -0.15) is 18.3 Å². The summed E-state index contributed by atoms with van der Waals surface area (Å²) in [6.07, 6.45) is 1.28. The molecule has 0 unspecified atom stereocenters. The maximum absolute atomic E-state index is 15.3. The summed E-state index contributed by atoms with van der Waals surface area (Å²) in [7, 11) is 0. The predicted octanol–water partition coefficient (Wildman–Crippen LogP) is 4.31. The van der Waals surface area contributed by atoms with Crippen molar-refractivity contribution in [2.45, 2.75) is 57.4 Å². The van der Waals surface area contributed by atoms with Crippen LogP contribution in [0.5, 0.6) is 0 Å². The first kappa shape index (κ1) is 25.5. The molecule has 0 saturated heterocycles. The van der Waals surface area contributed by atoms with Crippen LogP contribution in [-0.4, -0.2) is 41.4 Å². The Bertz CT molecular complexity index is 1610. The first-order valence-electron chi connectivity index (χ1n) is 11.9. The summed E-state index contributed by atoms with van der Waals surface area (Å²) >= 11 is 0. The van der Waals surface area contributed by atoms with Crippen molar-refractivity contribution in [3.63, 3.8) is 0 Å². The van der Waals surface area contributed by atoms with E-state index in [-0.39, 0.29) is 28.6 Å². The lowest BCUT2D eigenvalue weighted by Crippen LogP contribution is -2.36. The van der Waals surface area contributed by atoms with Crippen molar-refractivity contribution in [3.05, 3.63) is 70.7 Å². The number of carbonyl (C=O) groups excluding carboxylic acids is 1. The monoisotopic (exact) mass is 529 g/mol. The normalized spacial score (nSPS) is 15.6. The van der Waals surface area contributed by atoms with E-state index in [9.17, 15) is 22.8 Å². The van der Waals surface area contributed by atoms with Crippen molar-refractivity contribution in [2.75, 3.05) is 0 Å². The van der Waals surface area contributed by atoms with Gasteiger partial charge in [-0.15, -0.1) is 0 Å². The smallest absolute Gasteiger partial charge is 0.340 e. The van der Waals surface area contributed by atoms with Gasteiger partial charge in [-0.05, 0) is 45.2 Å². The number of nitrogens with zero attached hydrogens (tertiary/aromatic N) is 6. The fraction of sp³-hybridized carbons (Fsp3) is 0.360. The van der Waals surface area contributed by atoms with Crippen LogP contribution in [0.4, 0.5) is 17.6 Å². The molecule has 1 N–H and O–H groups in total. The molecular weight excluding hydrogens is 506 g/mol. The molecule has 5 rings (SSSR count). The number of alkyl halides is 3. The largest absolute Gasteiger partial charge is 0.409 e. The minimum Gasteiger partial charge on any atom is -0.340 e. The van der Waals surface area contributed by atoms with Crippen molar-refractivity contribution in [2.24, 2.45) is 0 Å². The molecule has 1 fully saturated rings. The molecule has 1 amide bonds. The number of hydrogen-bond donors (Lipinski definition) is 1. The third kappa shape index (κ3) is 4.41. The van der Waals surface area contributed by atoms with Gasteiger partial charge in [0.25, 0.3) is 11.5 Å². The van der Waals surface area contributed by atoms with Gasteiger partial charge >= 0.3 is 6.18 Å². The summed E-state index contributed by atoms with van der Waals surface area (Å²) < 4.78 is 56.9. The molecule has 1 atom stereocenters. The molecule has 1 aromatic carbocycles. The summed E-state index contributed by atoms with van der Waals surface area (Å²) in [5.74, 6) is -1.38. The number of amides is 1. The highest BCUT2D eigenvalue weighted by Gasteiger charge is 2.48. The molecule has 38 heavy (non-hydrogen) atoms. The van der Waals surface area contributed by atoms with E-state index in [0.717, 1.165) is 25.5 Å². The van der Waals surface area contributed by atoms with Crippen LogP contribution in [0.2, 0.25) is 0 Å². The van der Waals surface area contributed by atoms with Crippen LogP contribution < -0.4 is 10.9 Å². The Balaban J connectivity index is 1.42. The standard InChI is InChI=1S/C25H23F4N7O2/c1-13(2)36-21-16(10-32-36)9-31-20(33-21)22(37)34-24(6-7-24)18-5-4-15(8-19(18)26)17-11-30-12-35(23(17)38)14(3)25(27,28)29/h4-5,8-14H,6-7H2,1-3H3,(H,34,37)/t14-/m1/s1. The maximum Gasteiger partial charge on any atom is 0.409 e. The number of nitrogens with one attached hydrogen (secondary N) is 1. The van der Waals surface area contributed by atoms with E-state index in [2.05, 4.69) is 25.4 Å². The average molecular weight is 529 g/mol. The second-order valence-corrected chi connectivity index (χ2v) is 9.62. The molecule has 4 aromatic rings. The molecule has 3 aromatic heterocycles. The topological polar surface area (TPSA) is 108 Å². The van der Waals surface area contributed by atoms with Crippen molar-refractivity contribution in [1.29, 1.82) is 0 Å². The van der Waals surface area contributed by atoms with Gasteiger partial charge in [0.05, 0.1) is 29.0 Å². The average Bonchev–Trinajstić information content (AvgIpc) is 3.50. The summed E-state index contributed by atoms with van der Waals surface area (Å²) in [5, 5.41) is 7.76. The Morgan fingerprint density at radius 2 is 1.87 bits per heavy atom. The van der Waals surface area contributed by atoms with Gasteiger partial charge in [0, 0.05) is 24.0 Å². The number of halogens is 4. The van der Waals surface area contributed by atoms with E-state index in [0.29, 0.717) is 28.4 Å². The zero-order valence-corrected chi connectivity index (χ0v) is 20.6. The van der Waals surface area contributed by atoms with Crippen LogP contribution in [0.25, 0.3) is 22.2 Å². The lowest BCUT2D eigenvalue weighted by molar-refractivity contribution is -0.163. The van der Waals surface area contributed by atoms with Gasteiger partial charge in [0.2, 0.25) is 5.82 Å². The van der Waals surface area contributed by atoms with Crippen molar-refractivity contribution >= 4 is 16.9 Å². The lowest BCUT2D eigenvalue weighted by atomic mass is 9.99. The van der Waals surface area contributed by atoms with Crippen LogP contribution in [0.1, 0.15) is 61.9 Å². The quantitative estimate of drug-likeness (QED) is 0.373. The molecule has 1 aliphatic carbocycles. The molecule has 0 radical (unpaired) electrons. The number of hydrogen-bond acceptors (Lipinski definition) is 6. The van der Waals surface area contributed by atoms with Crippen molar-refractivity contribution in [3.8, 4) is 11.1 Å². The van der Waals surface area contributed by atoms with Crippen LogP contribution in [0, 0.1) is 5.82 Å². The van der Waals surface area contributed by atoms with Gasteiger partial charge in [-0.1, -0.05) is 12.1 Å². The third-order valence-corrected chi connectivity index (χ3v) is 6.68. The first-order chi connectivity index (χ1) is 17.9. The van der Waals surface area contributed by atoms with Gasteiger partial charge in [0.15, 0.2) is 5.65 Å². The van der Waals surface area contributed by atoms with E-state index in [4.69, 9.17) is 0 Å². The second kappa shape index (κ2) is 8.99. The molecule has 198 valence electrons. The second-order valence-electron chi connectivity index (χ2n) is 9.62. The Labute approximate surface area is 213 Å². The molecule has 9 nitrogen and oxygen atoms in total. The number of fused-ring (bicyclic) bond motifs is 1. The van der Waals surface area contributed by atoms with Crippen LogP contribution in [0.15, 0.2) is 47.9 Å². The molecule has 13 heteroatoms. The SMILES string of the molecule is CC(C)n1ncc2cnc(C(=O)NC3(c4ccc(-c5cncn([C@H](C)C(F)(F)F)c5=O)cc4F)CC3)nc21. The minimum absolute atomic E-state index is 0.0151. The highest BCUT2D eigenvalue weighted by atomic mass is 19.4. The molecule has 0 spiro atoms.